The zero-order valence-electron chi connectivity index (χ0n) is 16.1. The maximum atomic E-state index is 12.8. The molecule has 1 fully saturated rings. The van der Waals surface area contributed by atoms with Crippen LogP contribution in [0.5, 0.6) is 5.75 Å². The molecule has 2 aliphatic rings. The molecule has 2 atom stereocenters. The quantitative estimate of drug-likeness (QED) is 0.760. The summed E-state index contributed by atoms with van der Waals surface area (Å²) >= 11 is 0. The fourth-order valence-electron chi connectivity index (χ4n) is 3.83. The lowest BCUT2D eigenvalue weighted by molar-refractivity contribution is -0.145. The molecular weight excluding hydrogens is 372 g/mol. The summed E-state index contributed by atoms with van der Waals surface area (Å²) in [6, 6.07) is 14.0. The standard InChI is InChI=1S/C22H22N2O5/c1-28-15-8-6-14(7-9-15)12-13-23-20(26)18-10-11-19(25)24(18)21-16-4-2-3-5-17(16)22(27)29-21/h2-9,18,21H,10-13H2,1H3,(H,23,26)/t18-,21?/m0/s1. The zero-order valence-corrected chi connectivity index (χ0v) is 16.1. The van der Waals surface area contributed by atoms with Gasteiger partial charge < -0.3 is 14.8 Å². The van der Waals surface area contributed by atoms with E-state index in [-0.39, 0.29) is 18.2 Å². The van der Waals surface area contributed by atoms with E-state index in [1.54, 1.807) is 31.4 Å². The van der Waals surface area contributed by atoms with Crippen LogP contribution in [0, 0.1) is 0 Å². The van der Waals surface area contributed by atoms with E-state index in [0.717, 1.165) is 11.3 Å². The number of amides is 2. The third kappa shape index (κ3) is 3.68. The molecule has 1 N–H and O–H groups in total. The Morgan fingerprint density at radius 1 is 1.17 bits per heavy atom. The fourth-order valence-corrected chi connectivity index (χ4v) is 3.83. The Kier molecular flexibility index (Phi) is 5.20. The van der Waals surface area contributed by atoms with Crippen LogP contribution < -0.4 is 10.1 Å². The minimum absolute atomic E-state index is 0.185. The molecule has 2 amide bonds. The number of methoxy groups -OCH3 is 1. The Morgan fingerprint density at radius 3 is 2.69 bits per heavy atom. The van der Waals surface area contributed by atoms with Crippen molar-refractivity contribution in [3.8, 4) is 5.75 Å². The van der Waals surface area contributed by atoms with Crippen molar-refractivity contribution in [1.82, 2.24) is 10.2 Å². The van der Waals surface area contributed by atoms with Crippen molar-refractivity contribution in [2.45, 2.75) is 31.5 Å². The smallest absolute Gasteiger partial charge is 0.340 e. The SMILES string of the molecule is COc1ccc(CCNC(=O)[C@@H]2CCC(=O)N2C2OC(=O)c3ccccc32)cc1. The van der Waals surface area contributed by atoms with Gasteiger partial charge in [-0.05, 0) is 36.6 Å². The lowest BCUT2D eigenvalue weighted by atomic mass is 10.1. The molecule has 0 aromatic heterocycles. The van der Waals surface area contributed by atoms with Gasteiger partial charge in [-0.15, -0.1) is 0 Å². The van der Waals surface area contributed by atoms with Crippen molar-refractivity contribution in [2.75, 3.05) is 13.7 Å². The Morgan fingerprint density at radius 2 is 1.93 bits per heavy atom. The largest absolute Gasteiger partial charge is 0.497 e. The third-order valence-corrected chi connectivity index (χ3v) is 5.35. The number of nitrogens with one attached hydrogen (secondary N) is 1. The van der Waals surface area contributed by atoms with Crippen molar-refractivity contribution in [3.05, 3.63) is 65.2 Å². The second-order valence-electron chi connectivity index (χ2n) is 7.09. The van der Waals surface area contributed by atoms with Crippen LogP contribution in [0.4, 0.5) is 0 Å². The maximum absolute atomic E-state index is 12.8. The molecule has 0 aliphatic carbocycles. The van der Waals surface area contributed by atoms with Crippen LogP contribution in [-0.4, -0.2) is 42.4 Å². The molecular formula is C22H22N2O5. The Hall–Kier alpha value is -3.35. The Balaban J connectivity index is 1.41. The number of benzene rings is 2. The van der Waals surface area contributed by atoms with Crippen LogP contribution in [0.25, 0.3) is 0 Å². The van der Waals surface area contributed by atoms with Gasteiger partial charge in [-0.3, -0.25) is 14.5 Å². The number of esters is 1. The molecule has 7 heteroatoms. The molecule has 2 heterocycles. The first-order valence-electron chi connectivity index (χ1n) is 9.60. The van der Waals surface area contributed by atoms with E-state index < -0.39 is 18.2 Å². The molecule has 1 saturated heterocycles. The molecule has 29 heavy (non-hydrogen) atoms. The van der Waals surface area contributed by atoms with Crippen LogP contribution in [0.3, 0.4) is 0 Å². The number of carbonyl (C=O) groups excluding carboxylic acids is 3. The van der Waals surface area contributed by atoms with Gasteiger partial charge in [-0.2, -0.15) is 0 Å². The van der Waals surface area contributed by atoms with Crippen molar-refractivity contribution in [3.63, 3.8) is 0 Å². The van der Waals surface area contributed by atoms with Gasteiger partial charge in [0.2, 0.25) is 18.0 Å². The van der Waals surface area contributed by atoms with Gasteiger partial charge in [0, 0.05) is 18.5 Å². The lowest BCUT2D eigenvalue weighted by Gasteiger charge is -2.29. The molecule has 150 valence electrons. The number of rotatable bonds is 6. The first kappa shape index (κ1) is 19.0. The van der Waals surface area contributed by atoms with Crippen LogP contribution in [0.1, 0.15) is 40.6 Å². The highest BCUT2D eigenvalue weighted by Gasteiger charge is 2.46. The van der Waals surface area contributed by atoms with Crippen molar-refractivity contribution in [1.29, 1.82) is 0 Å². The summed E-state index contributed by atoms with van der Waals surface area (Å²) in [5, 5.41) is 2.91. The van der Waals surface area contributed by atoms with Crippen LogP contribution in [0.15, 0.2) is 48.5 Å². The van der Waals surface area contributed by atoms with E-state index in [1.807, 2.05) is 24.3 Å². The van der Waals surface area contributed by atoms with Crippen molar-refractivity contribution < 1.29 is 23.9 Å². The summed E-state index contributed by atoms with van der Waals surface area (Å²) < 4.78 is 10.6. The summed E-state index contributed by atoms with van der Waals surface area (Å²) in [7, 11) is 1.61. The monoisotopic (exact) mass is 394 g/mol. The van der Waals surface area contributed by atoms with Gasteiger partial charge >= 0.3 is 5.97 Å². The summed E-state index contributed by atoms with van der Waals surface area (Å²) in [6.07, 6.45) is 0.486. The normalized spacial score (nSPS) is 20.4. The van der Waals surface area contributed by atoms with Crippen LogP contribution in [-0.2, 0) is 20.7 Å². The van der Waals surface area contributed by atoms with E-state index in [0.29, 0.717) is 30.5 Å². The molecule has 2 aliphatic heterocycles. The van der Waals surface area contributed by atoms with Crippen molar-refractivity contribution >= 4 is 17.8 Å². The highest BCUT2D eigenvalue weighted by atomic mass is 16.6. The van der Waals surface area contributed by atoms with Gasteiger partial charge in [0.05, 0.1) is 12.7 Å². The lowest BCUT2D eigenvalue weighted by Crippen LogP contribution is -2.46. The third-order valence-electron chi connectivity index (χ3n) is 5.35. The van der Waals surface area contributed by atoms with Crippen molar-refractivity contribution in [2.24, 2.45) is 0 Å². The number of ether oxygens (including phenoxy) is 2. The molecule has 0 spiro atoms. The van der Waals surface area contributed by atoms with Crippen LogP contribution >= 0.6 is 0 Å². The van der Waals surface area contributed by atoms with Gasteiger partial charge in [0.1, 0.15) is 11.8 Å². The summed E-state index contributed by atoms with van der Waals surface area (Å²) in [5.41, 5.74) is 2.14. The van der Waals surface area contributed by atoms with E-state index in [1.165, 1.54) is 4.90 Å². The highest BCUT2D eigenvalue weighted by Crippen LogP contribution is 2.38. The topological polar surface area (TPSA) is 84.9 Å². The Bertz CT molecular complexity index is 940. The average molecular weight is 394 g/mol. The predicted molar refractivity (Wildman–Crippen MR) is 104 cm³/mol. The molecule has 2 aromatic carbocycles. The fraction of sp³-hybridized carbons (Fsp3) is 0.318. The van der Waals surface area contributed by atoms with E-state index in [2.05, 4.69) is 5.32 Å². The molecule has 0 radical (unpaired) electrons. The number of likely N-dealkylation sites (tertiary alicyclic amines) is 1. The van der Waals surface area contributed by atoms with Gasteiger partial charge in [-0.1, -0.05) is 30.3 Å². The average Bonchev–Trinajstić information content (AvgIpc) is 3.28. The zero-order chi connectivity index (χ0) is 20.4. The molecule has 7 nitrogen and oxygen atoms in total. The number of hydrogen-bond donors (Lipinski definition) is 1. The van der Waals surface area contributed by atoms with Gasteiger partial charge in [-0.25, -0.2) is 4.79 Å². The number of carbonyl (C=O) groups is 3. The minimum atomic E-state index is -0.842. The molecule has 1 unspecified atom stereocenters. The Labute approximate surface area is 168 Å². The van der Waals surface area contributed by atoms with E-state index >= 15 is 0 Å². The molecule has 4 rings (SSSR count). The number of cyclic esters (lactones) is 1. The first-order chi connectivity index (χ1) is 14.1. The minimum Gasteiger partial charge on any atom is -0.497 e. The molecule has 0 bridgehead atoms. The number of nitrogens with zero attached hydrogens (tertiary/aromatic N) is 1. The van der Waals surface area contributed by atoms with Gasteiger partial charge in [0.15, 0.2) is 0 Å². The van der Waals surface area contributed by atoms with E-state index in [9.17, 15) is 14.4 Å². The number of fused-ring (bicyclic) bond motifs is 1. The number of hydrogen-bond acceptors (Lipinski definition) is 5. The highest BCUT2D eigenvalue weighted by molar-refractivity contribution is 5.96. The molecule has 0 saturated carbocycles. The second kappa shape index (κ2) is 7.95. The van der Waals surface area contributed by atoms with E-state index in [4.69, 9.17) is 9.47 Å². The summed E-state index contributed by atoms with van der Waals surface area (Å²) in [4.78, 5) is 38.8. The summed E-state index contributed by atoms with van der Waals surface area (Å²) in [5.74, 6) is -0.104. The first-order valence-corrected chi connectivity index (χ1v) is 9.60. The second-order valence-corrected chi connectivity index (χ2v) is 7.09. The summed E-state index contributed by atoms with van der Waals surface area (Å²) in [6.45, 7) is 0.449. The molecule has 2 aromatic rings. The maximum Gasteiger partial charge on any atom is 0.340 e. The van der Waals surface area contributed by atoms with Crippen LogP contribution in [0.2, 0.25) is 0 Å². The predicted octanol–water partition coefficient (Wildman–Crippen LogP) is 2.21. The van der Waals surface area contributed by atoms with Gasteiger partial charge in [0.25, 0.3) is 0 Å².